The Morgan fingerprint density at radius 1 is 1.64 bits per heavy atom. The van der Waals surface area contributed by atoms with E-state index in [9.17, 15) is 13.6 Å². The van der Waals surface area contributed by atoms with Gasteiger partial charge in [0.15, 0.2) is 0 Å². The molecule has 1 aliphatic heterocycles. The third kappa shape index (κ3) is 2.40. The van der Waals surface area contributed by atoms with Crippen molar-refractivity contribution in [3.05, 3.63) is 24.0 Å². The molecule has 1 unspecified atom stereocenters. The zero-order valence-electron chi connectivity index (χ0n) is 7.75. The van der Waals surface area contributed by atoms with Crippen LogP contribution in [0.1, 0.15) is 0 Å². The smallest absolute Gasteiger partial charge is 0.232 e. The SMILES string of the molecule is CN(C1=CN(O)C(Cl)C=C1)S(C)(=O)=O. The molecular formula is C7H11ClN2O3S. The predicted molar refractivity (Wildman–Crippen MR) is 53.1 cm³/mol. The second-order valence-corrected chi connectivity index (χ2v) is 5.36. The van der Waals surface area contributed by atoms with Gasteiger partial charge in [-0.05, 0) is 12.2 Å². The molecule has 0 amide bonds. The van der Waals surface area contributed by atoms with Crippen LogP contribution in [-0.4, -0.2) is 41.8 Å². The first kappa shape index (κ1) is 11.4. The zero-order valence-corrected chi connectivity index (χ0v) is 9.33. The number of hydrogen-bond donors (Lipinski definition) is 1. The molecule has 14 heavy (non-hydrogen) atoms. The van der Waals surface area contributed by atoms with E-state index < -0.39 is 15.5 Å². The minimum Gasteiger partial charge on any atom is -0.287 e. The first-order valence-electron chi connectivity index (χ1n) is 3.77. The number of sulfonamides is 1. The van der Waals surface area contributed by atoms with Crippen LogP contribution in [0, 0.1) is 0 Å². The Morgan fingerprint density at radius 2 is 2.21 bits per heavy atom. The van der Waals surface area contributed by atoms with Crippen LogP contribution < -0.4 is 0 Å². The molecule has 5 nitrogen and oxygen atoms in total. The molecule has 1 aliphatic rings. The van der Waals surface area contributed by atoms with Crippen LogP contribution in [0.3, 0.4) is 0 Å². The van der Waals surface area contributed by atoms with Crippen LogP contribution in [0.15, 0.2) is 24.0 Å². The van der Waals surface area contributed by atoms with E-state index in [0.29, 0.717) is 5.70 Å². The summed E-state index contributed by atoms with van der Waals surface area (Å²) in [6.45, 7) is 0. The maximum absolute atomic E-state index is 11.1. The Hall–Kier alpha value is -0.720. The molecular weight excluding hydrogens is 228 g/mol. The summed E-state index contributed by atoms with van der Waals surface area (Å²) in [6.07, 6.45) is 5.35. The largest absolute Gasteiger partial charge is 0.287 e. The van der Waals surface area contributed by atoms with Crippen molar-refractivity contribution in [2.24, 2.45) is 0 Å². The van der Waals surface area contributed by atoms with Gasteiger partial charge in [-0.3, -0.25) is 9.51 Å². The fraction of sp³-hybridized carbons (Fsp3) is 0.429. The number of allylic oxidation sites excluding steroid dienone is 1. The number of rotatable bonds is 2. The molecule has 0 aromatic heterocycles. The van der Waals surface area contributed by atoms with Gasteiger partial charge in [-0.2, -0.15) is 0 Å². The quantitative estimate of drug-likeness (QED) is 0.564. The maximum Gasteiger partial charge on any atom is 0.232 e. The lowest BCUT2D eigenvalue weighted by molar-refractivity contribution is -0.0448. The summed E-state index contributed by atoms with van der Waals surface area (Å²) in [4.78, 5) is 0. The molecule has 1 rings (SSSR count). The second-order valence-electron chi connectivity index (χ2n) is 2.90. The van der Waals surface area contributed by atoms with E-state index in [4.69, 9.17) is 11.6 Å². The van der Waals surface area contributed by atoms with Gasteiger partial charge in [0.1, 0.15) is 5.50 Å². The lowest BCUT2D eigenvalue weighted by atomic mass is 10.3. The second kappa shape index (κ2) is 3.80. The Bertz CT molecular complexity index is 376. The molecule has 0 aliphatic carbocycles. The van der Waals surface area contributed by atoms with Gasteiger partial charge >= 0.3 is 0 Å². The highest BCUT2D eigenvalue weighted by molar-refractivity contribution is 7.88. The van der Waals surface area contributed by atoms with E-state index >= 15 is 0 Å². The molecule has 0 fully saturated rings. The van der Waals surface area contributed by atoms with Gasteiger partial charge in [0.25, 0.3) is 0 Å². The molecule has 0 saturated carbocycles. The van der Waals surface area contributed by atoms with Crippen molar-refractivity contribution in [2.45, 2.75) is 5.50 Å². The summed E-state index contributed by atoms with van der Waals surface area (Å²) in [5.74, 6) is 0. The average Bonchev–Trinajstić information content (AvgIpc) is 2.07. The van der Waals surface area contributed by atoms with Gasteiger partial charge in [-0.1, -0.05) is 11.6 Å². The number of alkyl halides is 1. The summed E-state index contributed by atoms with van der Waals surface area (Å²) >= 11 is 5.63. The molecule has 80 valence electrons. The Kier molecular flexibility index (Phi) is 3.08. The lowest BCUT2D eigenvalue weighted by Gasteiger charge is -2.25. The number of hydroxylamine groups is 2. The van der Waals surface area contributed by atoms with Gasteiger partial charge in [0, 0.05) is 7.05 Å². The molecule has 0 spiro atoms. The molecule has 1 heterocycles. The van der Waals surface area contributed by atoms with Crippen molar-refractivity contribution in [1.82, 2.24) is 9.37 Å². The molecule has 1 N–H and O–H groups in total. The molecule has 1 atom stereocenters. The minimum absolute atomic E-state index is 0.354. The van der Waals surface area contributed by atoms with Gasteiger partial charge in [-0.15, -0.1) is 0 Å². The lowest BCUT2D eigenvalue weighted by Crippen LogP contribution is -2.30. The van der Waals surface area contributed by atoms with E-state index in [1.807, 2.05) is 0 Å². The van der Waals surface area contributed by atoms with Crippen molar-refractivity contribution in [3.63, 3.8) is 0 Å². The van der Waals surface area contributed by atoms with Crippen LogP contribution in [0.5, 0.6) is 0 Å². The number of hydrogen-bond acceptors (Lipinski definition) is 4. The molecule has 0 saturated heterocycles. The van der Waals surface area contributed by atoms with Gasteiger partial charge in [-0.25, -0.2) is 13.5 Å². The number of likely N-dealkylation sites (N-methyl/N-ethyl adjacent to an activating group) is 1. The van der Waals surface area contributed by atoms with Crippen molar-refractivity contribution in [2.75, 3.05) is 13.3 Å². The molecule has 0 bridgehead atoms. The summed E-state index contributed by atoms with van der Waals surface area (Å²) in [7, 11) is -1.91. The van der Waals surface area contributed by atoms with Crippen molar-refractivity contribution in [1.29, 1.82) is 0 Å². The molecule has 7 heteroatoms. The molecule has 0 radical (unpaired) electrons. The fourth-order valence-corrected chi connectivity index (χ4v) is 1.51. The van der Waals surface area contributed by atoms with Crippen molar-refractivity contribution in [3.8, 4) is 0 Å². The highest BCUT2D eigenvalue weighted by Gasteiger charge is 2.18. The number of nitrogens with zero attached hydrogens (tertiary/aromatic N) is 2. The summed E-state index contributed by atoms with van der Waals surface area (Å²) in [5.41, 5.74) is -0.307. The normalized spacial score (nSPS) is 22.1. The maximum atomic E-state index is 11.1. The van der Waals surface area contributed by atoms with Gasteiger partial charge in [0.2, 0.25) is 10.0 Å². The highest BCUT2D eigenvalue weighted by Crippen LogP contribution is 2.17. The summed E-state index contributed by atoms with van der Waals surface area (Å²) in [6, 6.07) is 0. The predicted octanol–water partition coefficient (Wildman–Crippen LogP) is 0.545. The van der Waals surface area contributed by atoms with Crippen LogP contribution in [0.25, 0.3) is 0 Å². The average molecular weight is 239 g/mol. The Balaban J connectivity index is 2.92. The topological polar surface area (TPSA) is 60.9 Å². The zero-order chi connectivity index (χ0) is 10.9. The molecule has 0 aromatic carbocycles. The van der Waals surface area contributed by atoms with Gasteiger partial charge in [0.05, 0.1) is 18.2 Å². The summed E-state index contributed by atoms with van der Waals surface area (Å²) in [5, 5.41) is 9.95. The third-order valence-electron chi connectivity index (χ3n) is 1.80. The van der Waals surface area contributed by atoms with Crippen LogP contribution in [-0.2, 0) is 10.0 Å². The minimum atomic E-state index is -3.31. The molecule has 0 aromatic rings. The first-order chi connectivity index (χ1) is 6.32. The standard InChI is InChI=1S/C7H11ClN2O3S/c1-9(14(2,12)13)6-3-4-7(8)10(11)5-6/h3-5,7,11H,1-2H3. The Labute approximate surface area is 87.9 Å². The third-order valence-corrected chi connectivity index (χ3v) is 3.36. The van der Waals surface area contributed by atoms with E-state index in [1.54, 1.807) is 0 Å². The van der Waals surface area contributed by atoms with Crippen LogP contribution in [0.2, 0.25) is 0 Å². The van der Waals surface area contributed by atoms with Crippen LogP contribution >= 0.6 is 11.6 Å². The van der Waals surface area contributed by atoms with Crippen molar-refractivity contribution >= 4 is 21.6 Å². The Morgan fingerprint density at radius 3 is 2.64 bits per heavy atom. The number of halogens is 1. The fourth-order valence-electron chi connectivity index (χ4n) is 0.894. The van der Waals surface area contributed by atoms with Gasteiger partial charge < -0.3 is 0 Å². The highest BCUT2D eigenvalue weighted by atomic mass is 35.5. The van der Waals surface area contributed by atoms with E-state index in [-0.39, 0.29) is 0 Å². The van der Waals surface area contributed by atoms with Crippen molar-refractivity contribution < 1.29 is 13.6 Å². The van der Waals surface area contributed by atoms with E-state index in [2.05, 4.69) is 0 Å². The van der Waals surface area contributed by atoms with E-state index in [1.165, 1.54) is 25.4 Å². The van der Waals surface area contributed by atoms with E-state index in [0.717, 1.165) is 15.6 Å². The summed E-state index contributed by atoms with van der Waals surface area (Å²) < 4.78 is 23.3. The first-order valence-corrected chi connectivity index (χ1v) is 6.06. The van der Waals surface area contributed by atoms with Crippen LogP contribution in [0.4, 0.5) is 0 Å². The monoisotopic (exact) mass is 238 g/mol.